The van der Waals surface area contributed by atoms with Crippen molar-refractivity contribution in [3.05, 3.63) is 68.1 Å². The summed E-state index contributed by atoms with van der Waals surface area (Å²) in [5.74, 6) is 0.273. The molecule has 1 fully saturated rings. The van der Waals surface area contributed by atoms with Gasteiger partial charge in [0.15, 0.2) is 0 Å². The van der Waals surface area contributed by atoms with Gasteiger partial charge in [0.25, 0.3) is 11.1 Å². The van der Waals surface area contributed by atoms with E-state index < -0.39 is 16.1 Å². The van der Waals surface area contributed by atoms with Crippen molar-refractivity contribution in [3.63, 3.8) is 0 Å². The SMILES string of the molecule is COc1c(/C=C2\SC(=O)N(CCOc3cc(C)ccc3C)C2=O)cccc1[N+](=O)[O-]. The number of imide groups is 1. The zero-order valence-electron chi connectivity index (χ0n) is 16.7. The number of amides is 2. The average Bonchev–Trinajstić information content (AvgIpc) is 2.97. The number of hydrogen-bond acceptors (Lipinski definition) is 7. The molecule has 9 heteroatoms. The molecule has 0 bridgehead atoms. The summed E-state index contributed by atoms with van der Waals surface area (Å²) in [4.78, 5) is 36.9. The molecular formula is C21H20N2O6S. The van der Waals surface area contributed by atoms with Crippen LogP contribution in [0.15, 0.2) is 41.3 Å². The van der Waals surface area contributed by atoms with E-state index in [4.69, 9.17) is 9.47 Å². The number of carbonyl (C=O) groups is 2. The first kappa shape index (κ1) is 21.4. The molecule has 0 spiro atoms. The third-order valence-corrected chi connectivity index (χ3v) is 5.41. The number of nitro groups is 1. The van der Waals surface area contributed by atoms with Gasteiger partial charge in [0.2, 0.25) is 5.75 Å². The van der Waals surface area contributed by atoms with Gasteiger partial charge in [0.1, 0.15) is 12.4 Å². The maximum Gasteiger partial charge on any atom is 0.311 e. The van der Waals surface area contributed by atoms with Gasteiger partial charge in [0.05, 0.1) is 23.5 Å². The lowest BCUT2D eigenvalue weighted by Crippen LogP contribution is -2.32. The van der Waals surface area contributed by atoms with Crippen molar-refractivity contribution in [1.82, 2.24) is 4.90 Å². The summed E-state index contributed by atoms with van der Waals surface area (Å²) in [6.45, 7) is 4.14. The summed E-state index contributed by atoms with van der Waals surface area (Å²) < 4.78 is 10.9. The van der Waals surface area contributed by atoms with Crippen molar-refractivity contribution in [2.75, 3.05) is 20.3 Å². The Morgan fingerprint density at radius 2 is 1.97 bits per heavy atom. The lowest BCUT2D eigenvalue weighted by atomic mass is 10.1. The zero-order chi connectivity index (χ0) is 21.8. The highest BCUT2D eigenvalue weighted by molar-refractivity contribution is 8.18. The number of hydrogen-bond donors (Lipinski definition) is 0. The Morgan fingerprint density at radius 3 is 2.67 bits per heavy atom. The van der Waals surface area contributed by atoms with E-state index in [9.17, 15) is 19.7 Å². The summed E-state index contributed by atoms with van der Waals surface area (Å²) in [5, 5.41) is 10.8. The van der Waals surface area contributed by atoms with Crippen molar-refractivity contribution in [2.24, 2.45) is 0 Å². The van der Waals surface area contributed by atoms with Crippen molar-refractivity contribution in [3.8, 4) is 11.5 Å². The number of carbonyl (C=O) groups excluding carboxylic acids is 2. The molecule has 0 aliphatic carbocycles. The van der Waals surface area contributed by atoms with Gasteiger partial charge >= 0.3 is 5.69 Å². The third kappa shape index (κ3) is 4.46. The number of rotatable bonds is 7. The number of methoxy groups -OCH3 is 1. The molecule has 2 aromatic carbocycles. The van der Waals surface area contributed by atoms with Crippen molar-refractivity contribution in [2.45, 2.75) is 13.8 Å². The smallest absolute Gasteiger partial charge is 0.311 e. The minimum absolute atomic E-state index is 0.0348. The Bertz CT molecular complexity index is 1050. The van der Waals surface area contributed by atoms with Crippen LogP contribution in [0.2, 0.25) is 0 Å². The molecule has 1 aliphatic heterocycles. The number of nitro benzene ring substituents is 1. The molecule has 1 heterocycles. The minimum Gasteiger partial charge on any atom is -0.491 e. The molecule has 2 aromatic rings. The van der Waals surface area contributed by atoms with Crippen molar-refractivity contribution < 1.29 is 24.0 Å². The van der Waals surface area contributed by atoms with Crippen molar-refractivity contribution >= 4 is 34.7 Å². The first-order chi connectivity index (χ1) is 14.3. The van der Waals surface area contributed by atoms with Gasteiger partial charge in [-0.1, -0.05) is 24.3 Å². The van der Waals surface area contributed by atoms with Crippen LogP contribution in [-0.2, 0) is 4.79 Å². The van der Waals surface area contributed by atoms with Crippen LogP contribution < -0.4 is 9.47 Å². The molecule has 0 unspecified atom stereocenters. The maximum atomic E-state index is 12.7. The van der Waals surface area contributed by atoms with E-state index in [1.54, 1.807) is 6.07 Å². The number of benzene rings is 2. The molecule has 0 atom stereocenters. The second-order valence-corrected chi connectivity index (χ2v) is 7.60. The van der Waals surface area contributed by atoms with E-state index in [0.29, 0.717) is 11.3 Å². The Morgan fingerprint density at radius 1 is 1.20 bits per heavy atom. The van der Waals surface area contributed by atoms with E-state index in [1.807, 2.05) is 32.0 Å². The van der Waals surface area contributed by atoms with Crippen LogP contribution in [-0.4, -0.2) is 41.2 Å². The fraction of sp³-hybridized carbons (Fsp3) is 0.238. The van der Waals surface area contributed by atoms with Gasteiger partial charge < -0.3 is 9.47 Å². The van der Waals surface area contributed by atoms with Crippen LogP contribution in [0.25, 0.3) is 6.08 Å². The van der Waals surface area contributed by atoms with Crippen LogP contribution in [0.5, 0.6) is 11.5 Å². The number of thioether (sulfide) groups is 1. The van der Waals surface area contributed by atoms with Crippen LogP contribution in [0, 0.1) is 24.0 Å². The van der Waals surface area contributed by atoms with E-state index in [-0.39, 0.29) is 29.5 Å². The van der Waals surface area contributed by atoms with Gasteiger partial charge in [-0.2, -0.15) is 0 Å². The predicted molar refractivity (Wildman–Crippen MR) is 114 cm³/mol. The molecule has 0 N–H and O–H groups in total. The number of nitrogens with zero attached hydrogens (tertiary/aromatic N) is 2. The number of ether oxygens (including phenoxy) is 2. The quantitative estimate of drug-likeness (QED) is 0.367. The van der Waals surface area contributed by atoms with E-state index in [1.165, 1.54) is 25.3 Å². The second-order valence-electron chi connectivity index (χ2n) is 6.61. The first-order valence-electron chi connectivity index (χ1n) is 9.08. The van der Waals surface area contributed by atoms with Crippen molar-refractivity contribution in [1.29, 1.82) is 0 Å². The monoisotopic (exact) mass is 428 g/mol. The molecule has 0 radical (unpaired) electrons. The molecule has 0 aromatic heterocycles. The van der Waals surface area contributed by atoms with Crippen LogP contribution >= 0.6 is 11.8 Å². The molecule has 1 aliphatic rings. The highest BCUT2D eigenvalue weighted by Crippen LogP contribution is 2.37. The number of para-hydroxylation sites is 1. The van der Waals surface area contributed by atoms with Gasteiger partial charge in [-0.15, -0.1) is 0 Å². The standard InChI is InChI=1S/C21H20N2O6S/c1-13-7-8-14(2)17(11-13)29-10-9-22-20(24)18(30-21(22)25)12-15-5-4-6-16(23(26)27)19(15)28-3/h4-8,11-12H,9-10H2,1-3H3/b18-12-. The van der Waals surface area contributed by atoms with Crippen LogP contribution in [0.3, 0.4) is 0 Å². The highest BCUT2D eigenvalue weighted by atomic mass is 32.2. The Labute approximate surface area is 177 Å². The Hall–Kier alpha value is -3.33. The Kier molecular flexibility index (Phi) is 6.41. The summed E-state index contributed by atoms with van der Waals surface area (Å²) in [5.41, 5.74) is 2.15. The normalized spacial score (nSPS) is 15.0. The number of aryl methyl sites for hydroxylation is 2. The van der Waals surface area contributed by atoms with E-state index >= 15 is 0 Å². The zero-order valence-corrected chi connectivity index (χ0v) is 17.5. The Balaban J connectivity index is 1.74. The van der Waals surface area contributed by atoms with Gasteiger partial charge in [0, 0.05) is 11.6 Å². The predicted octanol–water partition coefficient (Wildman–Crippen LogP) is 4.34. The maximum absolute atomic E-state index is 12.7. The van der Waals surface area contributed by atoms with Gasteiger partial charge in [-0.3, -0.25) is 24.6 Å². The molecular weight excluding hydrogens is 408 g/mol. The molecule has 3 rings (SSSR count). The molecule has 2 amide bonds. The minimum atomic E-state index is -0.563. The molecule has 30 heavy (non-hydrogen) atoms. The summed E-state index contributed by atoms with van der Waals surface area (Å²) >= 11 is 0.779. The molecule has 0 saturated carbocycles. The second kappa shape index (κ2) is 9.00. The van der Waals surface area contributed by atoms with Gasteiger partial charge in [-0.25, -0.2) is 0 Å². The lowest BCUT2D eigenvalue weighted by Gasteiger charge is -2.14. The van der Waals surface area contributed by atoms with Crippen LogP contribution in [0.4, 0.5) is 10.5 Å². The fourth-order valence-electron chi connectivity index (χ4n) is 2.97. The summed E-state index contributed by atoms with van der Waals surface area (Å²) in [6.07, 6.45) is 1.43. The molecule has 1 saturated heterocycles. The molecule has 8 nitrogen and oxygen atoms in total. The lowest BCUT2D eigenvalue weighted by molar-refractivity contribution is -0.385. The average molecular weight is 428 g/mol. The summed E-state index contributed by atoms with van der Waals surface area (Å²) in [7, 11) is 1.32. The fourth-order valence-corrected chi connectivity index (χ4v) is 3.82. The summed E-state index contributed by atoms with van der Waals surface area (Å²) in [6, 6.07) is 10.2. The van der Waals surface area contributed by atoms with Gasteiger partial charge in [-0.05, 0) is 48.9 Å². The highest BCUT2D eigenvalue weighted by Gasteiger charge is 2.35. The third-order valence-electron chi connectivity index (χ3n) is 4.50. The van der Waals surface area contributed by atoms with Crippen LogP contribution in [0.1, 0.15) is 16.7 Å². The largest absolute Gasteiger partial charge is 0.491 e. The van der Waals surface area contributed by atoms with E-state index in [2.05, 4.69) is 0 Å². The first-order valence-corrected chi connectivity index (χ1v) is 9.90. The topological polar surface area (TPSA) is 99.0 Å². The van der Waals surface area contributed by atoms with E-state index in [0.717, 1.165) is 27.8 Å². The molecule has 156 valence electrons.